The van der Waals surface area contributed by atoms with Gasteiger partial charge in [0.25, 0.3) is 0 Å². The van der Waals surface area contributed by atoms with Crippen LogP contribution in [0.15, 0.2) is 34.3 Å². The van der Waals surface area contributed by atoms with Crippen molar-refractivity contribution in [3.63, 3.8) is 0 Å². The summed E-state index contributed by atoms with van der Waals surface area (Å²) in [5.41, 5.74) is -0.770. The average Bonchev–Trinajstić information content (AvgIpc) is 3.13. The maximum absolute atomic E-state index is 14.0. The number of fused-ring (bicyclic) bond motifs is 4. The van der Waals surface area contributed by atoms with Crippen LogP contribution in [0.4, 0.5) is 0 Å². The highest BCUT2D eigenvalue weighted by atomic mass is 16.6. The zero-order valence-electron chi connectivity index (χ0n) is 24.1. The van der Waals surface area contributed by atoms with Crippen molar-refractivity contribution in [2.75, 3.05) is 47.9 Å². The van der Waals surface area contributed by atoms with Crippen molar-refractivity contribution in [3.05, 3.63) is 34.3 Å². The summed E-state index contributed by atoms with van der Waals surface area (Å²) in [5, 5.41) is 22.5. The van der Waals surface area contributed by atoms with Gasteiger partial charge in [0.2, 0.25) is 5.78 Å². The molecule has 0 aromatic rings. The van der Waals surface area contributed by atoms with Crippen LogP contribution in [0.2, 0.25) is 0 Å². The molecule has 0 amide bonds. The Labute approximate surface area is 230 Å². The van der Waals surface area contributed by atoms with Crippen LogP contribution < -0.4 is 0 Å². The molecule has 10 heteroatoms. The van der Waals surface area contributed by atoms with Gasteiger partial charge in [-0.25, -0.2) is 4.79 Å². The van der Waals surface area contributed by atoms with Gasteiger partial charge < -0.3 is 34.2 Å². The van der Waals surface area contributed by atoms with Gasteiger partial charge in [0.15, 0.2) is 5.76 Å². The van der Waals surface area contributed by atoms with Gasteiger partial charge in [-0.2, -0.15) is 0 Å². The molecule has 0 radical (unpaired) electrons. The monoisotopic (exact) mass is 546 g/mol. The summed E-state index contributed by atoms with van der Waals surface area (Å²) in [6.45, 7) is 6.53. The SMILES string of the molecule is COC[C@H]1OC(=O)/C(=C/N(C)CCCN(C)C)C2=C(O)C(=O)C3=C([C@H](OC(C)=O)C[C@@]4(C)C3CC[C@@H]4O)[C@]21C. The first-order chi connectivity index (χ1) is 18.3. The Kier molecular flexibility index (Phi) is 8.04. The van der Waals surface area contributed by atoms with Gasteiger partial charge in [-0.05, 0) is 64.7 Å². The highest BCUT2D eigenvalue weighted by Gasteiger charge is 2.64. The number of aliphatic hydroxyl groups is 2. The predicted octanol–water partition coefficient (Wildman–Crippen LogP) is 2.14. The van der Waals surface area contributed by atoms with E-state index in [1.165, 1.54) is 14.0 Å². The second-order valence-electron chi connectivity index (χ2n) is 12.1. The minimum Gasteiger partial charge on any atom is -0.504 e. The van der Waals surface area contributed by atoms with E-state index in [4.69, 9.17) is 14.2 Å². The standard InChI is InChI=1S/C29H42N2O8/c1-16(32)38-19-13-28(2)18(9-10-20(28)33)22-24(19)29(3)21(15-37-7)39-27(36)17(23(29)26(35)25(22)34)14-31(6)12-8-11-30(4)5/h14,18-21,33,35H,8-13,15H2,1-7H3/b17-14+/t18?,19-,20+,21-,28+,29+/m1/s1. The predicted molar refractivity (Wildman–Crippen MR) is 142 cm³/mol. The highest BCUT2D eigenvalue weighted by molar-refractivity contribution is 6.13. The molecule has 0 aromatic carbocycles. The molecule has 0 spiro atoms. The molecule has 4 rings (SSSR count). The maximum Gasteiger partial charge on any atom is 0.340 e. The fraction of sp³-hybridized carbons (Fsp3) is 0.690. The maximum atomic E-state index is 14.0. The molecule has 1 saturated carbocycles. The van der Waals surface area contributed by atoms with E-state index in [9.17, 15) is 24.6 Å². The fourth-order valence-corrected chi connectivity index (χ4v) is 7.19. The van der Waals surface area contributed by atoms with Crippen molar-refractivity contribution in [2.45, 2.75) is 64.8 Å². The molecule has 10 nitrogen and oxygen atoms in total. The van der Waals surface area contributed by atoms with Gasteiger partial charge in [-0.3, -0.25) is 9.59 Å². The molecule has 4 aliphatic rings. The molecule has 6 atom stereocenters. The van der Waals surface area contributed by atoms with E-state index in [1.54, 1.807) is 6.20 Å². The molecule has 1 saturated heterocycles. The van der Waals surface area contributed by atoms with Crippen molar-refractivity contribution in [1.82, 2.24) is 9.80 Å². The van der Waals surface area contributed by atoms with Crippen molar-refractivity contribution in [1.29, 1.82) is 0 Å². The van der Waals surface area contributed by atoms with Crippen molar-refractivity contribution in [2.24, 2.45) is 16.7 Å². The number of methoxy groups -OCH3 is 1. The first-order valence-corrected chi connectivity index (χ1v) is 13.6. The number of rotatable bonds is 8. The van der Waals surface area contributed by atoms with Gasteiger partial charge in [0.1, 0.15) is 12.2 Å². The number of ketones is 1. The van der Waals surface area contributed by atoms with Crippen LogP contribution in [-0.4, -0.2) is 104 Å². The molecule has 39 heavy (non-hydrogen) atoms. The molecule has 3 aliphatic carbocycles. The van der Waals surface area contributed by atoms with Crippen LogP contribution >= 0.6 is 0 Å². The lowest BCUT2D eigenvalue weighted by molar-refractivity contribution is -0.161. The van der Waals surface area contributed by atoms with Crippen LogP contribution in [-0.2, 0) is 28.6 Å². The summed E-state index contributed by atoms with van der Waals surface area (Å²) in [5.74, 6) is -2.62. The lowest BCUT2D eigenvalue weighted by Crippen LogP contribution is -2.57. The normalized spacial score (nSPS) is 35.2. The number of nitrogens with zero attached hydrogens (tertiary/aromatic N) is 2. The number of carbonyl (C=O) groups is 3. The molecule has 1 unspecified atom stereocenters. The minimum atomic E-state index is -1.21. The molecule has 2 fully saturated rings. The summed E-state index contributed by atoms with van der Waals surface area (Å²) in [7, 11) is 7.29. The molecule has 1 heterocycles. The Morgan fingerprint density at radius 2 is 1.87 bits per heavy atom. The van der Waals surface area contributed by atoms with Crippen LogP contribution in [0.5, 0.6) is 0 Å². The molecular formula is C29H42N2O8. The quantitative estimate of drug-likeness (QED) is 0.345. The van der Waals surface area contributed by atoms with Gasteiger partial charge >= 0.3 is 11.9 Å². The lowest BCUT2D eigenvalue weighted by Gasteiger charge is -2.54. The topological polar surface area (TPSA) is 126 Å². The second-order valence-corrected chi connectivity index (χ2v) is 12.1. The highest BCUT2D eigenvalue weighted by Crippen LogP contribution is 2.63. The Morgan fingerprint density at radius 3 is 2.49 bits per heavy atom. The summed E-state index contributed by atoms with van der Waals surface area (Å²) < 4.78 is 17.2. The zero-order valence-corrected chi connectivity index (χ0v) is 24.1. The first-order valence-electron chi connectivity index (χ1n) is 13.6. The number of ether oxygens (including phenoxy) is 3. The average molecular weight is 547 g/mol. The number of Topliss-reactive ketones (excluding diaryl/α,β-unsaturated/α-hetero) is 1. The number of hydrogen-bond donors (Lipinski definition) is 2. The van der Waals surface area contributed by atoms with Crippen LogP contribution in [0.3, 0.4) is 0 Å². The van der Waals surface area contributed by atoms with Crippen LogP contribution in [0.25, 0.3) is 0 Å². The summed E-state index contributed by atoms with van der Waals surface area (Å²) in [4.78, 5) is 43.6. The fourth-order valence-electron chi connectivity index (χ4n) is 7.19. The molecular weight excluding hydrogens is 504 g/mol. The third-order valence-electron chi connectivity index (χ3n) is 9.12. The third-order valence-corrected chi connectivity index (χ3v) is 9.12. The summed E-state index contributed by atoms with van der Waals surface area (Å²) in [6, 6.07) is 0. The largest absolute Gasteiger partial charge is 0.504 e. The molecule has 216 valence electrons. The van der Waals surface area contributed by atoms with Crippen LogP contribution in [0, 0.1) is 16.7 Å². The summed E-state index contributed by atoms with van der Waals surface area (Å²) >= 11 is 0. The number of esters is 2. The van der Waals surface area contributed by atoms with Crippen molar-refractivity contribution in [3.8, 4) is 0 Å². The van der Waals surface area contributed by atoms with Crippen molar-refractivity contribution >= 4 is 17.7 Å². The van der Waals surface area contributed by atoms with Crippen molar-refractivity contribution < 1.29 is 38.8 Å². The van der Waals surface area contributed by atoms with Gasteiger partial charge in [0.05, 0.1) is 23.7 Å². The van der Waals surface area contributed by atoms with E-state index in [-0.39, 0.29) is 23.7 Å². The number of hydrogen-bond acceptors (Lipinski definition) is 10. The molecule has 1 aliphatic heterocycles. The smallest absolute Gasteiger partial charge is 0.340 e. The van der Waals surface area contributed by atoms with Gasteiger partial charge in [0, 0.05) is 50.4 Å². The molecule has 0 bridgehead atoms. The van der Waals surface area contributed by atoms with E-state index in [0.717, 1.165) is 13.0 Å². The van der Waals surface area contributed by atoms with E-state index in [2.05, 4.69) is 4.90 Å². The van der Waals surface area contributed by atoms with E-state index < -0.39 is 52.6 Å². The van der Waals surface area contributed by atoms with Gasteiger partial charge in [-0.1, -0.05) is 6.92 Å². The van der Waals surface area contributed by atoms with Gasteiger partial charge in [-0.15, -0.1) is 0 Å². The Morgan fingerprint density at radius 1 is 1.18 bits per heavy atom. The number of cyclic esters (lactones) is 1. The minimum absolute atomic E-state index is 0.00724. The van der Waals surface area contributed by atoms with Crippen LogP contribution in [0.1, 0.15) is 46.5 Å². The Balaban J connectivity index is 1.91. The summed E-state index contributed by atoms with van der Waals surface area (Å²) in [6.07, 6.45) is 1.40. The Hall–Kier alpha value is -2.69. The third kappa shape index (κ3) is 4.80. The molecule has 2 N–H and O–H groups in total. The number of allylic oxidation sites excluding steroid dienone is 1. The van der Waals surface area contributed by atoms with E-state index in [1.807, 2.05) is 39.9 Å². The zero-order chi connectivity index (χ0) is 28.9. The molecule has 0 aromatic heterocycles. The van der Waals surface area contributed by atoms with E-state index in [0.29, 0.717) is 37.0 Å². The number of aliphatic hydroxyl groups excluding tert-OH is 2. The number of carbonyl (C=O) groups excluding carboxylic acids is 3. The van der Waals surface area contributed by atoms with E-state index >= 15 is 0 Å². The second kappa shape index (κ2) is 10.7. The Bertz CT molecular complexity index is 1140. The first kappa shape index (κ1) is 29.3. The lowest BCUT2D eigenvalue weighted by atomic mass is 9.53.